The maximum Gasteiger partial charge on any atom is 0.359 e. The van der Waals surface area contributed by atoms with Crippen molar-refractivity contribution in [3.63, 3.8) is 0 Å². The third-order valence-corrected chi connectivity index (χ3v) is 5.60. The number of halogens is 2. The minimum atomic E-state index is -0.805. The molecule has 3 aromatic rings. The van der Waals surface area contributed by atoms with Crippen LogP contribution in [-0.2, 0) is 11.2 Å². The summed E-state index contributed by atoms with van der Waals surface area (Å²) in [6, 6.07) is 13.7. The summed E-state index contributed by atoms with van der Waals surface area (Å²) in [7, 11) is 0. The highest BCUT2D eigenvalue weighted by Crippen LogP contribution is 2.21. The fourth-order valence-corrected chi connectivity index (χ4v) is 4.09. The van der Waals surface area contributed by atoms with E-state index in [2.05, 4.69) is 0 Å². The van der Waals surface area contributed by atoms with Crippen LogP contribution in [0.3, 0.4) is 0 Å². The number of hydrogen-bond donors (Lipinski definition) is 2. The van der Waals surface area contributed by atoms with Gasteiger partial charge >= 0.3 is 5.97 Å². The van der Waals surface area contributed by atoms with Gasteiger partial charge in [0.1, 0.15) is 5.82 Å². The Bertz CT molecular complexity index is 1090. The molecule has 0 aliphatic carbocycles. The van der Waals surface area contributed by atoms with Gasteiger partial charge in [-0.2, -0.15) is 5.10 Å². The van der Waals surface area contributed by atoms with Crippen molar-refractivity contribution in [2.24, 2.45) is 0 Å². The molecule has 6 nitrogen and oxygen atoms in total. The van der Waals surface area contributed by atoms with Gasteiger partial charge in [0, 0.05) is 24.6 Å². The molecular weight excluding hydrogens is 409 g/mol. The van der Waals surface area contributed by atoms with Crippen LogP contribution in [0.4, 0.5) is 4.39 Å². The van der Waals surface area contributed by atoms with Gasteiger partial charge in [0.15, 0.2) is 6.54 Å². The maximum absolute atomic E-state index is 13.2. The Balaban J connectivity index is 0.00000256. The van der Waals surface area contributed by atoms with Crippen molar-refractivity contribution in [2.45, 2.75) is 25.3 Å². The normalized spacial score (nSPS) is 18.7. The molecule has 0 amide bonds. The molecule has 4 rings (SSSR count). The summed E-state index contributed by atoms with van der Waals surface area (Å²) < 4.78 is 14.8. The van der Waals surface area contributed by atoms with Crippen LogP contribution in [0.15, 0.2) is 53.3 Å². The lowest BCUT2D eigenvalue weighted by atomic mass is 10.0. The number of hydrogen-bond acceptors (Lipinski definition) is 3. The van der Waals surface area contributed by atoms with Gasteiger partial charge < -0.3 is 22.4 Å². The SMILES string of the molecule is O=C(O)C[NH+]1CCC(n2nc(Cc3ccc(F)cc3)c3ccccc3c2=O)CC1.[Cl-]. The van der Waals surface area contributed by atoms with E-state index in [-0.39, 0.29) is 36.4 Å². The number of aromatic nitrogens is 2. The molecule has 2 heterocycles. The second kappa shape index (κ2) is 9.36. The van der Waals surface area contributed by atoms with E-state index in [4.69, 9.17) is 10.2 Å². The minimum absolute atomic E-state index is 0. The van der Waals surface area contributed by atoms with Crippen LogP contribution in [0.5, 0.6) is 0 Å². The van der Waals surface area contributed by atoms with E-state index >= 15 is 0 Å². The van der Waals surface area contributed by atoms with Gasteiger partial charge in [0.2, 0.25) is 0 Å². The average Bonchev–Trinajstić information content (AvgIpc) is 2.72. The van der Waals surface area contributed by atoms with Crippen LogP contribution in [-0.4, -0.2) is 40.5 Å². The van der Waals surface area contributed by atoms with Gasteiger partial charge in [-0.15, -0.1) is 0 Å². The zero-order valence-electron chi connectivity index (χ0n) is 16.4. The summed E-state index contributed by atoms with van der Waals surface area (Å²) in [6.45, 7) is 1.50. The second-order valence-electron chi connectivity index (χ2n) is 7.60. The van der Waals surface area contributed by atoms with Gasteiger partial charge in [-0.3, -0.25) is 4.79 Å². The molecular formula is C22H23ClFN3O3. The van der Waals surface area contributed by atoms with Crippen molar-refractivity contribution >= 4 is 16.7 Å². The lowest BCUT2D eigenvalue weighted by Gasteiger charge is -2.29. The first-order valence-corrected chi connectivity index (χ1v) is 9.81. The molecule has 0 spiro atoms. The summed E-state index contributed by atoms with van der Waals surface area (Å²) in [5.41, 5.74) is 1.59. The number of rotatable bonds is 5. The minimum Gasteiger partial charge on any atom is -1.00 e. The Morgan fingerprint density at radius 3 is 2.37 bits per heavy atom. The highest BCUT2D eigenvalue weighted by Gasteiger charge is 2.27. The fourth-order valence-electron chi connectivity index (χ4n) is 4.09. The van der Waals surface area contributed by atoms with E-state index in [1.165, 1.54) is 12.1 Å². The Morgan fingerprint density at radius 2 is 1.73 bits per heavy atom. The van der Waals surface area contributed by atoms with E-state index in [0.717, 1.165) is 21.5 Å². The molecule has 158 valence electrons. The first-order valence-electron chi connectivity index (χ1n) is 9.81. The quantitative estimate of drug-likeness (QED) is 0.512. The predicted octanol–water partition coefficient (Wildman–Crippen LogP) is -1.57. The molecule has 0 bridgehead atoms. The number of carbonyl (C=O) groups is 1. The molecule has 1 aliphatic rings. The zero-order chi connectivity index (χ0) is 20.4. The molecule has 0 saturated carbocycles. The van der Waals surface area contributed by atoms with Crippen molar-refractivity contribution in [1.82, 2.24) is 9.78 Å². The number of carboxylic acid groups (broad SMARTS) is 1. The topological polar surface area (TPSA) is 76.6 Å². The largest absolute Gasteiger partial charge is 1.00 e. The highest BCUT2D eigenvalue weighted by molar-refractivity contribution is 5.83. The van der Waals surface area contributed by atoms with Crippen LogP contribution in [0.2, 0.25) is 0 Å². The van der Waals surface area contributed by atoms with Gasteiger partial charge in [0.05, 0.1) is 30.2 Å². The maximum atomic E-state index is 13.2. The summed E-state index contributed by atoms with van der Waals surface area (Å²) in [5.74, 6) is -1.09. The summed E-state index contributed by atoms with van der Waals surface area (Å²) in [5, 5.41) is 15.1. The third-order valence-electron chi connectivity index (χ3n) is 5.60. The number of aliphatic carboxylic acids is 1. The van der Waals surface area contributed by atoms with Crippen molar-refractivity contribution in [3.05, 3.63) is 76.0 Å². The Kier molecular flexibility index (Phi) is 6.84. The standard InChI is InChI=1S/C22H22FN3O3.ClH/c23-16-7-5-15(6-8-16)13-20-18-3-1-2-4-19(18)22(29)26(24-20)17-9-11-25(12-10-17)14-21(27)28;/h1-8,17H,9-14H2,(H,27,28);1H. The Morgan fingerprint density at radius 1 is 1.10 bits per heavy atom. The molecule has 2 N–H and O–H groups in total. The number of nitrogens with zero attached hydrogens (tertiary/aromatic N) is 2. The summed E-state index contributed by atoms with van der Waals surface area (Å²) in [4.78, 5) is 25.1. The summed E-state index contributed by atoms with van der Waals surface area (Å²) in [6.07, 6.45) is 1.93. The number of benzene rings is 2. The van der Waals surface area contributed by atoms with Gasteiger partial charge in [0.25, 0.3) is 5.56 Å². The van der Waals surface area contributed by atoms with Crippen molar-refractivity contribution in [3.8, 4) is 0 Å². The predicted molar refractivity (Wildman–Crippen MR) is 107 cm³/mol. The van der Waals surface area contributed by atoms with E-state index in [9.17, 15) is 14.0 Å². The van der Waals surface area contributed by atoms with Crippen LogP contribution in [0.25, 0.3) is 10.8 Å². The molecule has 2 aromatic carbocycles. The molecule has 8 heteroatoms. The van der Waals surface area contributed by atoms with Gasteiger partial charge in [-0.05, 0) is 23.8 Å². The van der Waals surface area contributed by atoms with Crippen LogP contribution in [0.1, 0.15) is 30.1 Å². The number of quaternary nitrogens is 1. The van der Waals surface area contributed by atoms with E-state index in [1.807, 2.05) is 24.3 Å². The smallest absolute Gasteiger partial charge is 0.359 e. The number of nitrogens with one attached hydrogen (secondary N) is 1. The van der Waals surface area contributed by atoms with Crippen molar-refractivity contribution < 1.29 is 31.6 Å². The number of carboxylic acids is 1. The highest BCUT2D eigenvalue weighted by atomic mass is 35.5. The van der Waals surface area contributed by atoms with E-state index in [1.54, 1.807) is 16.8 Å². The fraction of sp³-hybridized carbons (Fsp3) is 0.318. The first kappa shape index (κ1) is 21.9. The molecule has 0 atom stereocenters. The Hall–Kier alpha value is -2.77. The molecule has 1 aliphatic heterocycles. The van der Waals surface area contributed by atoms with Crippen molar-refractivity contribution in [1.29, 1.82) is 0 Å². The second-order valence-corrected chi connectivity index (χ2v) is 7.60. The zero-order valence-corrected chi connectivity index (χ0v) is 17.1. The van der Waals surface area contributed by atoms with E-state index < -0.39 is 5.97 Å². The molecule has 30 heavy (non-hydrogen) atoms. The van der Waals surface area contributed by atoms with Gasteiger partial charge in [-0.25, -0.2) is 13.9 Å². The van der Waals surface area contributed by atoms with Crippen LogP contribution < -0.4 is 22.9 Å². The van der Waals surface area contributed by atoms with Crippen LogP contribution >= 0.6 is 0 Å². The Labute approximate surface area is 179 Å². The summed E-state index contributed by atoms with van der Waals surface area (Å²) >= 11 is 0. The molecule has 0 radical (unpaired) electrons. The monoisotopic (exact) mass is 431 g/mol. The van der Waals surface area contributed by atoms with Crippen molar-refractivity contribution in [2.75, 3.05) is 19.6 Å². The number of likely N-dealkylation sites (tertiary alicyclic amines) is 1. The number of fused-ring (bicyclic) bond motifs is 1. The van der Waals surface area contributed by atoms with E-state index in [0.29, 0.717) is 37.7 Å². The molecule has 1 aromatic heterocycles. The van der Waals surface area contributed by atoms with Crippen LogP contribution in [0, 0.1) is 5.82 Å². The first-order chi connectivity index (χ1) is 14.0. The molecule has 0 unspecified atom stereocenters. The lowest BCUT2D eigenvalue weighted by molar-refractivity contribution is -0.898. The number of piperidine rings is 1. The average molecular weight is 432 g/mol. The lowest BCUT2D eigenvalue weighted by Crippen LogP contribution is -3.13. The third kappa shape index (κ3) is 4.68. The van der Waals surface area contributed by atoms with Gasteiger partial charge in [-0.1, -0.05) is 30.3 Å². The molecule has 1 fully saturated rings. The molecule has 1 saturated heterocycles.